The number of morpholine rings is 1. The summed E-state index contributed by atoms with van der Waals surface area (Å²) in [5.74, 6) is 2.54. The molecule has 1 spiro atoms. The normalized spacial score (nSPS) is 31.1. The van der Waals surface area contributed by atoms with Crippen molar-refractivity contribution in [1.29, 1.82) is 0 Å². The second kappa shape index (κ2) is 6.65. The SMILES string of the molecule is Cc1ncccc1Oc1ncnc(N2C[C@@H]3[C@H](CO)[C@H]4CNC[C@]3(C2)O4)c1C. The summed E-state index contributed by atoms with van der Waals surface area (Å²) in [6, 6.07) is 3.73. The van der Waals surface area contributed by atoms with Crippen LogP contribution in [0, 0.1) is 25.7 Å². The van der Waals surface area contributed by atoms with Gasteiger partial charge in [0.25, 0.3) is 0 Å². The van der Waals surface area contributed by atoms with Gasteiger partial charge in [0.05, 0.1) is 23.9 Å². The minimum Gasteiger partial charge on any atom is -0.437 e. The van der Waals surface area contributed by atoms with E-state index in [4.69, 9.17) is 9.47 Å². The Bertz CT molecular complexity index is 894. The van der Waals surface area contributed by atoms with Crippen molar-refractivity contribution in [3.63, 3.8) is 0 Å². The number of nitrogens with zero attached hydrogens (tertiary/aromatic N) is 4. The molecule has 2 aromatic rings. The van der Waals surface area contributed by atoms with Gasteiger partial charge in [0.2, 0.25) is 5.88 Å². The highest BCUT2D eigenvalue weighted by Gasteiger charge is 2.61. The predicted molar refractivity (Wildman–Crippen MR) is 103 cm³/mol. The molecule has 4 atom stereocenters. The number of aromatic nitrogens is 3. The summed E-state index contributed by atoms with van der Waals surface area (Å²) in [4.78, 5) is 15.4. The summed E-state index contributed by atoms with van der Waals surface area (Å²) < 4.78 is 12.4. The summed E-state index contributed by atoms with van der Waals surface area (Å²) in [6.45, 7) is 7.24. The van der Waals surface area contributed by atoms with Crippen LogP contribution in [0.5, 0.6) is 11.6 Å². The summed E-state index contributed by atoms with van der Waals surface area (Å²) in [5.41, 5.74) is 1.45. The first-order valence-corrected chi connectivity index (χ1v) is 9.77. The van der Waals surface area contributed by atoms with Crippen molar-refractivity contribution in [3.8, 4) is 11.6 Å². The molecule has 3 aliphatic rings. The van der Waals surface area contributed by atoms with Crippen molar-refractivity contribution >= 4 is 5.82 Å². The monoisotopic (exact) mass is 383 g/mol. The summed E-state index contributed by atoms with van der Waals surface area (Å²) in [6.07, 6.45) is 3.39. The van der Waals surface area contributed by atoms with Gasteiger partial charge < -0.3 is 24.8 Å². The summed E-state index contributed by atoms with van der Waals surface area (Å²) in [7, 11) is 0. The van der Waals surface area contributed by atoms with E-state index in [0.717, 1.165) is 43.3 Å². The molecule has 0 amide bonds. The lowest BCUT2D eigenvalue weighted by atomic mass is 9.83. The molecule has 2 aromatic heterocycles. The topological polar surface area (TPSA) is 92.6 Å². The molecule has 5 heterocycles. The maximum Gasteiger partial charge on any atom is 0.227 e. The second-order valence-corrected chi connectivity index (χ2v) is 8.00. The molecule has 0 saturated carbocycles. The van der Waals surface area contributed by atoms with E-state index in [1.54, 1.807) is 12.5 Å². The largest absolute Gasteiger partial charge is 0.437 e. The van der Waals surface area contributed by atoms with Gasteiger partial charge in [0, 0.05) is 44.3 Å². The number of hydrogen-bond acceptors (Lipinski definition) is 8. The van der Waals surface area contributed by atoms with Crippen molar-refractivity contribution in [2.45, 2.75) is 25.6 Å². The molecular weight excluding hydrogens is 358 g/mol. The fourth-order valence-electron chi connectivity index (χ4n) is 4.99. The molecule has 3 aliphatic heterocycles. The lowest BCUT2D eigenvalue weighted by Gasteiger charge is -2.34. The van der Waals surface area contributed by atoms with Crippen LogP contribution < -0.4 is 15.0 Å². The predicted octanol–water partition coefficient (Wildman–Crippen LogP) is 1.07. The number of aliphatic hydroxyl groups excluding tert-OH is 1. The van der Waals surface area contributed by atoms with E-state index in [1.165, 1.54) is 0 Å². The zero-order valence-electron chi connectivity index (χ0n) is 16.1. The standard InChI is InChI=1S/C20H25N5O3/c1-12-18(23-11-24-19(12)27-16-4-3-5-22-13(16)2)25-7-15-14(8-26)17-6-21-9-20(15,10-25)28-17/h3-5,11,14-15,17,21,26H,6-10H2,1-2H3/t14-,15+,17+,20+/m0/s1. The molecule has 3 fully saturated rings. The molecule has 148 valence electrons. The lowest BCUT2D eigenvalue weighted by Crippen LogP contribution is -2.52. The van der Waals surface area contributed by atoms with Gasteiger partial charge in [-0.1, -0.05) is 0 Å². The Kier molecular flexibility index (Phi) is 4.22. The van der Waals surface area contributed by atoms with E-state index in [-0.39, 0.29) is 30.1 Å². The van der Waals surface area contributed by atoms with Crippen molar-refractivity contribution in [1.82, 2.24) is 20.3 Å². The quantitative estimate of drug-likeness (QED) is 0.810. The van der Waals surface area contributed by atoms with E-state index >= 15 is 0 Å². The Balaban J connectivity index is 1.43. The Morgan fingerprint density at radius 1 is 1.36 bits per heavy atom. The van der Waals surface area contributed by atoms with Crippen molar-refractivity contribution in [2.75, 3.05) is 37.7 Å². The number of rotatable bonds is 4. The number of aliphatic hydroxyl groups is 1. The van der Waals surface area contributed by atoms with Gasteiger partial charge >= 0.3 is 0 Å². The molecule has 0 unspecified atom stereocenters. The lowest BCUT2D eigenvalue weighted by molar-refractivity contribution is -0.0654. The fourth-order valence-corrected chi connectivity index (χ4v) is 4.99. The highest BCUT2D eigenvalue weighted by atomic mass is 16.5. The Morgan fingerprint density at radius 3 is 3.07 bits per heavy atom. The number of aryl methyl sites for hydroxylation is 1. The first-order chi connectivity index (χ1) is 13.6. The average molecular weight is 383 g/mol. The zero-order valence-corrected chi connectivity index (χ0v) is 16.1. The molecule has 3 saturated heterocycles. The minimum absolute atomic E-state index is 0.102. The molecule has 2 N–H and O–H groups in total. The van der Waals surface area contributed by atoms with Gasteiger partial charge in [-0.15, -0.1) is 0 Å². The third-order valence-corrected chi connectivity index (χ3v) is 6.39. The number of hydrogen-bond donors (Lipinski definition) is 2. The average Bonchev–Trinajstić information content (AvgIpc) is 3.13. The van der Waals surface area contributed by atoms with Crippen LogP contribution >= 0.6 is 0 Å². The van der Waals surface area contributed by atoms with Crippen LogP contribution in [0.15, 0.2) is 24.7 Å². The molecule has 0 aromatic carbocycles. The van der Waals surface area contributed by atoms with Gasteiger partial charge in [-0.05, 0) is 26.0 Å². The maximum atomic E-state index is 9.92. The van der Waals surface area contributed by atoms with Crippen molar-refractivity contribution in [3.05, 3.63) is 35.9 Å². The third-order valence-electron chi connectivity index (χ3n) is 6.39. The van der Waals surface area contributed by atoms with Gasteiger partial charge in [-0.25, -0.2) is 9.97 Å². The van der Waals surface area contributed by atoms with Gasteiger partial charge in [0.15, 0.2) is 5.75 Å². The van der Waals surface area contributed by atoms with E-state index in [0.29, 0.717) is 11.6 Å². The molecule has 2 bridgehead atoms. The molecule has 8 heteroatoms. The number of anilines is 1. The van der Waals surface area contributed by atoms with Gasteiger partial charge in [-0.3, -0.25) is 4.98 Å². The smallest absolute Gasteiger partial charge is 0.227 e. The highest BCUT2D eigenvalue weighted by molar-refractivity contribution is 5.53. The van der Waals surface area contributed by atoms with Crippen LogP contribution in [-0.4, -0.2) is 64.5 Å². The van der Waals surface area contributed by atoms with Crippen molar-refractivity contribution < 1.29 is 14.6 Å². The summed E-state index contributed by atoms with van der Waals surface area (Å²) >= 11 is 0. The number of fused-ring (bicyclic) bond motifs is 1. The third kappa shape index (κ3) is 2.67. The Morgan fingerprint density at radius 2 is 2.25 bits per heavy atom. The van der Waals surface area contributed by atoms with Gasteiger partial charge in [0.1, 0.15) is 17.7 Å². The minimum atomic E-state index is -0.255. The first kappa shape index (κ1) is 17.8. The maximum absolute atomic E-state index is 9.92. The first-order valence-electron chi connectivity index (χ1n) is 9.77. The summed E-state index contributed by atoms with van der Waals surface area (Å²) in [5, 5.41) is 13.4. The van der Waals surface area contributed by atoms with E-state index in [9.17, 15) is 5.11 Å². The molecule has 28 heavy (non-hydrogen) atoms. The van der Waals surface area contributed by atoms with Crippen LogP contribution in [0.25, 0.3) is 0 Å². The fraction of sp³-hybridized carbons (Fsp3) is 0.550. The van der Waals surface area contributed by atoms with Crippen LogP contribution in [0.4, 0.5) is 5.82 Å². The highest BCUT2D eigenvalue weighted by Crippen LogP contribution is 2.48. The molecular formula is C20H25N5O3. The van der Waals surface area contributed by atoms with Crippen LogP contribution in [0.1, 0.15) is 11.3 Å². The molecule has 0 radical (unpaired) electrons. The zero-order chi connectivity index (χ0) is 19.3. The number of pyridine rings is 1. The molecule has 8 nitrogen and oxygen atoms in total. The number of ether oxygens (including phenoxy) is 2. The van der Waals surface area contributed by atoms with E-state index < -0.39 is 0 Å². The van der Waals surface area contributed by atoms with E-state index in [2.05, 4.69) is 25.2 Å². The van der Waals surface area contributed by atoms with Crippen LogP contribution in [0.2, 0.25) is 0 Å². The van der Waals surface area contributed by atoms with Crippen molar-refractivity contribution in [2.24, 2.45) is 11.8 Å². The van der Waals surface area contributed by atoms with Crippen LogP contribution in [0.3, 0.4) is 0 Å². The number of nitrogens with one attached hydrogen (secondary N) is 1. The Labute approximate surface area is 163 Å². The molecule has 5 rings (SSSR count). The Hall–Kier alpha value is -2.29. The second-order valence-electron chi connectivity index (χ2n) is 8.00. The molecule has 0 aliphatic carbocycles. The van der Waals surface area contributed by atoms with E-state index in [1.807, 2.05) is 26.0 Å². The van der Waals surface area contributed by atoms with Crippen LogP contribution in [-0.2, 0) is 4.74 Å². The van der Waals surface area contributed by atoms with Gasteiger partial charge in [-0.2, -0.15) is 0 Å².